The zero-order chi connectivity index (χ0) is 11.4. The molecule has 1 fully saturated rings. The molecule has 0 aromatic carbocycles. The van der Waals surface area contributed by atoms with Crippen LogP contribution in [0.3, 0.4) is 0 Å². The van der Waals surface area contributed by atoms with E-state index in [1.807, 2.05) is 0 Å². The van der Waals surface area contributed by atoms with Crippen molar-refractivity contribution in [3.63, 3.8) is 0 Å². The maximum absolute atomic E-state index is 12.0. The maximum Gasteiger partial charge on any atom is 0.163 e. The van der Waals surface area contributed by atoms with Crippen molar-refractivity contribution in [3.05, 3.63) is 29.0 Å². The van der Waals surface area contributed by atoms with Crippen molar-refractivity contribution in [2.24, 2.45) is 5.92 Å². The summed E-state index contributed by atoms with van der Waals surface area (Å²) in [6, 6.07) is 3.41. The summed E-state index contributed by atoms with van der Waals surface area (Å²) in [7, 11) is 0. The summed E-state index contributed by atoms with van der Waals surface area (Å²) in [5, 5.41) is 0.398. The Morgan fingerprint density at radius 3 is 2.81 bits per heavy atom. The van der Waals surface area contributed by atoms with E-state index in [9.17, 15) is 4.79 Å². The fourth-order valence-corrected chi connectivity index (χ4v) is 2.52. The second-order valence-corrected chi connectivity index (χ2v) is 4.89. The first kappa shape index (κ1) is 11.6. The van der Waals surface area contributed by atoms with Gasteiger partial charge < -0.3 is 0 Å². The molecule has 3 heteroatoms. The topological polar surface area (TPSA) is 30.0 Å². The van der Waals surface area contributed by atoms with Crippen LogP contribution in [0.25, 0.3) is 0 Å². The molecule has 0 atom stereocenters. The number of carbonyl (C=O) groups excluding carboxylic acids is 1. The molecule has 0 amide bonds. The van der Waals surface area contributed by atoms with Gasteiger partial charge in [0, 0.05) is 18.2 Å². The molecule has 0 spiro atoms. The largest absolute Gasteiger partial charge is 0.294 e. The van der Waals surface area contributed by atoms with Crippen LogP contribution in [0.1, 0.15) is 48.9 Å². The lowest BCUT2D eigenvalue weighted by molar-refractivity contribution is 0.0950. The van der Waals surface area contributed by atoms with Crippen LogP contribution in [0, 0.1) is 5.92 Å². The van der Waals surface area contributed by atoms with E-state index in [0.29, 0.717) is 23.1 Å². The van der Waals surface area contributed by atoms with Gasteiger partial charge in [-0.1, -0.05) is 43.7 Å². The Hall–Kier alpha value is -0.890. The first-order valence-corrected chi connectivity index (χ1v) is 6.28. The molecule has 0 unspecified atom stereocenters. The molecule has 0 N–H and O–H groups in total. The van der Waals surface area contributed by atoms with E-state index >= 15 is 0 Å². The van der Waals surface area contributed by atoms with Crippen molar-refractivity contribution in [1.82, 2.24) is 4.98 Å². The van der Waals surface area contributed by atoms with Gasteiger partial charge in [0.15, 0.2) is 5.78 Å². The molecule has 0 bridgehead atoms. The molecule has 2 nitrogen and oxygen atoms in total. The van der Waals surface area contributed by atoms with Gasteiger partial charge in [0.25, 0.3) is 0 Å². The van der Waals surface area contributed by atoms with E-state index in [1.54, 1.807) is 18.3 Å². The minimum Gasteiger partial charge on any atom is -0.294 e. The van der Waals surface area contributed by atoms with Crippen LogP contribution in [-0.2, 0) is 0 Å². The van der Waals surface area contributed by atoms with Gasteiger partial charge in [-0.25, -0.2) is 4.98 Å². The summed E-state index contributed by atoms with van der Waals surface area (Å²) in [4.78, 5) is 15.9. The highest BCUT2D eigenvalue weighted by Crippen LogP contribution is 2.27. The molecule has 1 aromatic heterocycles. The normalized spacial score (nSPS) is 17.3. The van der Waals surface area contributed by atoms with Crippen LogP contribution < -0.4 is 0 Å². The van der Waals surface area contributed by atoms with E-state index in [4.69, 9.17) is 11.6 Å². The van der Waals surface area contributed by atoms with Crippen molar-refractivity contribution in [3.8, 4) is 0 Å². The number of ketones is 1. The lowest BCUT2D eigenvalue weighted by Crippen LogP contribution is -2.12. The lowest BCUT2D eigenvalue weighted by Gasteiger charge is -2.20. The molecule has 0 radical (unpaired) electrons. The average Bonchev–Trinajstić information content (AvgIpc) is 2.30. The van der Waals surface area contributed by atoms with E-state index in [-0.39, 0.29) is 5.78 Å². The highest BCUT2D eigenvalue weighted by atomic mass is 35.5. The number of nitrogens with zero attached hydrogens (tertiary/aromatic N) is 1. The Morgan fingerprint density at radius 2 is 2.12 bits per heavy atom. The summed E-state index contributed by atoms with van der Waals surface area (Å²) in [5.74, 6) is 0.782. The van der Waals surface area contributed by atoms with Crippen LogP contribution in [0.5, 0.6) is 0 Å². The van der Waals surface area contributed by atoms with Gasteiger partial charge in [-0.15, -0.1) is 0 Å². The second kappa shape index (κ2) is 5.44. The number of rotatable bonds is 3. The fraction of sp³-hybridized carbons (Fsp3) is 0.538. The number of halogens is 1. The molecule has 1 aromatic rings. The minimum atomic E-state index is 0.205. The third-order valence-corrected chi connectivity index (χ3v) is 3.45. The number of aromatic nitrogens is 1. The van der Waals surface area contributed by atoms with Gasteiger partial charge in [-0.2, -0.15) is 0 Å². The third kappa shape index (κ3) is 3.05. The zero-order valence-electron chi connectivity index (χ0n) is 9.29. The van der Waals surface area contributed by atoms with Crippen molar-refractivity contribution in [2.45, 2.75) is 38.5 Å². The molecule has 0 aliphatic heterocycles. The number of hydrogen-bond donors (Lipinski definition) is 0. The van der Waals surface area contributed by atoms with Gasteiger partial charge in [-0.05, 0) is 18.1 Å². The minimum absolute atomic E-state index is 0.205. The third-order valence-electron chi connectivity index (χ3n) is 3.25. The lowest BCUT2D eigenvalue weighted by atomic mass is 9.85. The monoisotopic (exact) mass is 237 g/mol. The van der Waals surface area contributed by atoms with Crippen molar-refractivity contribution < 1.29 is 4.79 Å². The van der Waals surface area contributed by atoms with Gasteiger partial charge in [0.05, 0.1) is 0 Å². The second-order valence-electron chi connectivity index (χ2n) is 4.50. The van der Waals surface area contributed by atoms with Gasteiger partial charge in [0.1, 0.15) is 5.15 Å². The summed E-state index contributed by atoms with van der Waals surface area (Å²) in [6.07, 6.45) is 8.53. The Morgan fingerprint density at radius 1 is 1.38 bits per heavy atom. The smallest absolute Gasteiger partial charge is 0.163 e. The summed E-state index contributed by atoms with van der Waals surface area (Å²) >= 11 is 5.77. The van der Waals surface area contributed by atoms with Crippen LogP contribution >= 0.6 is 11.6 Å². The first-order valence-electron chi connectivity index (χ1n) is 5.90. The Balaban J connectivity index is 1.97. The summed E-state index contributed by atoms with van der Waals surface area (Å²) in [5.41, 5.74) is 0.700. The molecule has 1 heterocycles. The number of hydrogen-bond acceptors (Lipinski definition) is 2. The molecule has 0 saturated heterocycles. The van der Waals surface area contributed by atoms with Crippen LogP contribution in [0.15, 0.2) is 18.3 Å². The highest BCUT2D eigenvalue weighted by Gasteiger charge is 2.18. The number of Topliss-reactive ketones (excluding diaryl/α,β-unsaturated/α-hetero) is 1. The number of carbonyl (C=O) groups is 1. The first-order chi connectivity index (χ1) is 7.75. The zero-order valence-corrected chi connectivity index (χ0v) is 10.0. The predicted octanol–water partition coefficient (Wildman–Crippen LogP) is 3.89. The quantitative estimate of drug-likeness (QED) is 0.590. The van der Waals surface area contributed by atoms with Gasteiger partial charge in [0.2, 0.25) is 0 Å². The van der Waals surface area contributed by atoms with Crippen LogP contribution in [0.2, 0.25) is 5.15 Å². The molecule has 16 heavy (non-hydrogen) atoms. The predicted molar refractivity (Wildman–Crippen MR) is 64.8 cm³/mol. The number of pyridine rings is 1. The van der Waals surface area contributed by atoms with Crippen molar-refractivity contribution in [2.75, 3.05) is 0 Å². The molecule has 86 valence electrons. The average molecular weight is 238 g/mol. The summed E-state index contributed by atoms with van der Waals surface area (Å²) < 4.78 is 0. The van der Waals surface area contributed by atoms with Crippen molar-refractivity contribution >= 4 is 17.4 Å². The Kier molecular flexibility index (Phi) is 3.94. The maximum atomic E-state index is 12.0. The van der Waals surface area contributed by atoms with Gasteiger partial charge in [-0.3, -0.25) is 4.79 Å². The van der Waals surface area contributed by atoms with E-state index in [2.05, 4.69) is 4.98 Å². The van der Waals surface area contributed by atoms with Gasteiger partial charge >= 0.3 is 0 Å². The molecule has 1 aliphatic rings. The Labute approximate surface area is 101 Å². The van der Waals surface area contributed by atoms with Crippen LogP contribution in [0.4, 0.5) is 0 Å². The highest BCUT2D eigenvalue weighted by molar-refractivity contribution is 6.29. The fourth-order valence-electron chi connectivity index (χ4n) is 2.35. The molecule has 2 rings (SSSR count). The SMILES string of the molecule is O=C(CC1CCCCC1)c1ccnc(Cl)c1. The summed E-state index contributed by atoms with van der Waals surface area (Å²) in [6.45, 7) is 0. The molecular weight excluding hydrogens is 222 g/mol. The molecular formula is C13H16ClNO. The van der Waals surface area contributed by atoms with Crippen LogP contribution in [-0.4, -0.2) is 10.8 Å². The standard InChI is InChI=1S/C13H16ClNO/c14-13-9-11(6-7-15-13)12(16)8-10-4-2-1-3-5-10/h6-7,9-10H,1-5,8H2. The Bertz CT molecular complexity index is 372. The van der Waals surface area contributed by atoms with E-state index in [1.165, 1.54) is 32.1 Å². The van der Waals surface area contributed by atoms with Crippen molar-refractivity contribution in [1.29, 1.82) is 0 Å². The van der Waals surface area contributed by atoms with E-state index < -0.39 is 0 Å². The molecule has 1 saturated carbocycles. The molecule has 1 aliphatic carbocycles. The van der Waals surface area contributed by atoms with E-state index in [0.717, 1.165) is 0 Å².